The molecule has 0 aliphatic heterocycles. The Labute approximate surface area is 108 Å². The van der Waals surface area contributed by atoms with Gasteiger partial charge in [-0.1, -0.05) is 25.4 Å². The molecule has 1 aliphatic rings. The Kier molecular flexibility index (Phi) is 3.30. The van der Waals surface area contributed by atoms with Crippen LogP contribution in [0.4, 0.5) is 5.82 Å². The number of hydrogen-bond donors (Lipinski definition) is 1. The molecule has 0 radical (unpaired) electrons. The van der Waals surface area contributed by atoms with Crippen LogP contribution in [0.25, 0.3) is 0 Å². The SMILES string of the molecule is CC(C)c1nc(Cl)cc(NC(C)(C)C2CC2)n1. The van der Waals surface area contributed by atoms with E-state index < -0.39 is 0 Å². The molecule has 1 fully saturated rings. The lowest BCUT2D eigenvalue weighted by Crippen LogP contribution is -2.33. The number of rotatable bonds is 4. The first-order valence-corrected chi connectivity index (χ1v) is 6.59. The minimum atomic E-state index is 0.0892. The van der Waals surface area contributed by atoms with E-state index in [4.69, 9.17) is 11.6 Å². The Bertz CT molecular complexity index is 411. The molecule has 1 aromatic rings. The van der Waals surface area contributed by atoms with Gasteiger partial charge < -0.3 is 5.32 Å². The summed E-state index contributed by atoms with van der Waals surface area (Å²) < 4.78 is 0. The molecule has 94 valence electrons. The van der Waals surface area contributed by atoms with E-state index in [9.17, 15) is 0 Å². The van der Waals surface area contributed by atoms with Crippen LogP contribution in [0.5, 0.6) is 0 Å². The van der Waals surface area contributed by atoms with Gasteiger partial charge in [0.05, 0.1) is 0 Å². The van der Waals surface area contributed by atoms with E-state index in [0.717, 1.165) is 17.6 Å². The highest BCUT2D eigenvalue weighted by molar-refractivity contribution is 6.29. The third kappa shape index (κ3) is 3.09. The molecule has 1 aromatic heterocycles. The van der Waals surface area contributed by atoms with Crippen LogP contribution in [0.1, 0.15) is 52.3 Å². The summed E-state index contributed by atoms with van der Waals surface area (Å²) in [6.45, 7) is 8.58. The van der Waals surface area contributed by atoms with Gasteiger partial charge in [-0.05, 0) is 32.6 Å². The van der Waals surface area contributed by atoms with Gasteiger partial charge in [0.1, 0.15) is 16.8 Å². The Balaban J connectivity index is 2.20. The normalized spacial score (nSPS) is 16.4. The van der Waals surface area contributed by atoms with Gasteiger partial charge in [0.25, 0.3) is 0 Å². The van der Waals surface area contributed by atoms with Crippen LogP contribution in [0.15, 0.2) is 6.07 Å². The van der Waals surface area contributed by atoms with Crippen molar-refractivity contribution < 1.29 is 0 Å². The first-order chi connectivity index (χ1) is 7.88. The molecule has 0 atom stereocenters. The van der Waals surface area contributed by atoms with Crippen molar-refractivity contribution in [3.8, 4) is 0 Å². The van der Waals surface area contributed by atoms with Gasteiger partial charge in [0.15, 0.2) is 0 Å². The van der Waals surface area contributed by atoms with E-state index in [-0.39, 0.29) is 5.54 Å². The number of nitrogens with one attached hydrogen (secondary N) is 1. The average molecular weight is 254 g/mol. The quantitative estimate of drug-likeness (QED) is 0.829. The first-order valence-electron chi connectivity index (χ1n) is 6.21. The second-order valence-corrected chi connectivity index (χ2v) is 6.10. The Morgan fingerprint density at radius 3 is 2.53 bits per heavy atom. The Morgan fingerprint density at radius 2 is 2.00 bits per heavy atom. The van der Waals surface area contributed by atoms with Crippen LogP contribution >= 0.6 is 11.6 Å². The molecule has 2 rings (SSSR count). The second kappa shape index (κ2) is 4.45. The first kappa shape index (κ1) is 12.6. The zero-order chi connectivity index (χ0) is 12.6. The predicted octanol–water partition coefficient (Wildman–Crippen LogP) is 3.85. The van der Waals surface area contributed by atoms with Gasteiger partial charge >= 0.3 is 0 Å². The van der Waals surface area contributed by atoms with E-state index in [1.54, 1.807) is 6.07 Å². The highest BCUT2D eigenvalue weighted by Gasteiger charge is 2.37. The standard InChI is InChI=1S/C13H20ClN3/c1-8(2)12-15-10(14)7-11(16-12)17-13(3,4)9-5-6-9/h7-9H,5-6H2,1-4H3,(H,15,16,17). The van der Waals surface area contributed by atoms with E-state index in [1.165, 1.54) is 12.8 Å². The van der Waals surface area contributed by atoms with Crippen molar-refractivity contribution in [2.45, 2.75) is 52.0 Å². The number of hydrogen-bond acceptors (Lipinski definition) is 3. The number of aromatic nitrogens is 2. The Morgan fingerprint density at radius 1 is 1.35 bits per heavy atom. The maximum Gasteiger partial charge on any atom is 0.135 e. The fourth-order valence-electron chi connectivity index (χ4n) is 1.99. The largest absolute Gasteiger partial charge is 0.365 e. The van der Waals surface area contributed by atoms with E-state index >= 15 is 0 Å². The summed E-state index contributed by atoms with van der Waals surface area (Å²) in [5.74, 6) is 2.68. The number of anilines is 1. The highest BCUT2D eigenvalue weighted by atomic mass is 35.5. The second-order valence-electron chi connectivity index (χ2n) is 5.71. The summed E-state index contributed by atoms with van der Waals surface area (Å²) in [5, 5.41) is 3.99. The number of nitrogens with zero attached hydrogens (tertiary/aromatic N) is 2. The molecule has 4 heteroatoms. The summed E-state index contributed by atoms with van der Waals surface area (Å²) in [6, 6.07) is 1.80. The summed E-state index contributed by atoms with van der Waals surface area (Å²) >= 11 is 6.03. The van der Waals surface area contributed by atoms with Crippen LogP contribution in [0.2, 0.25) is 5.15 Å². The minimum Gasteiger partial charge on any atom is -0.365 e. The molecule has 0 unspecified atom stereocenters. The van der Waals surface area contributed by atoms with Crippen molar-refractivity contribution in [3.05, 3.63) is 17.0 Å². The van der Waals surface area contributed by atoms with Crippen molar-refractivity contribution in [3.63, 3.8) is 0 Å². The van der Waals surface area contributed by atoms with E-state index in [2.05, 4.69) is 43.0 Å². The van der Waals surface area contributed by atoms with Crippen molar-refractivity contribution in [2.24, 2.45) is 5.92 Å². The van der Waals surface area contributed by atoms with Gasteiger partial charge in [-0.2, -0.15) is 0 Å². The zero-order valence-electron chi connectivity index (χ0n) is 10.9. The van der Waals surface area contributed by atoms with Crippen LogP contribution in [-0.2, 0) is 0 Å². The van der Waals surface area contributed by atoms with Crippen LogP contribution in [0, 0.1) is 5.92 Å². The molecule has 0 saturated heterocycles. The topological polar surface area (TPSA) is 37.8 Å². The fraction of sp³-hybridized carbons (Fsp3) is 0.692. The lowest BCUT2D eigenvalue weighted by molar-refractivity contribution is 0.492. The van der Waals surface area contributed by atoms with E-state index in [1.807, 2.05) is 0 Å². The molecule has 1 saturated carbocycles. The van der Waals surface area contributed by atoms with Gasteiger partial charge in [-0.3, -0.25) is 0 Å². The van der Waals surface area contributed by atoms with Gasteiger partial charge in [0.2, 0.25) is 0 Å². The van der Waals surface area contributed by atoms with Crippen molar-refractivity contribution in [1.82, 2.24) is 9.97 Å². The lowest BCUT2D eigenvalue weighted by Gasteiger charge is -2.27. The summed E-state index contributed by atoms with van der Waals surface area (Å²) in [5.41, 5.74) is 0.0892. The fourth-order valence-corrected chi connectivity index (χ4v) is 2.18. The third-order valence-electron chi connectivity index (χ3n) is 3.28. The molecule has 1 N–H and O–H groups in total. The van der Waals surface area contributed by atoms with Gasteiger partial charge in [0, 0.05) is 17.5 Å². The zero-order valence-corrected chi connectivity index (χ0v) is 11.7. The van der Waals surface area contributed by atoms with Crippen LogP contribution < -0.4 is 5.32 Å². The van der Waals surface area contributed by atoms with Crippen molar-refractivity contribution in [1.29, 1.82) is 0 Å². The molecule has 1 aliphatic carbocycles. The molecule has 0 aromatic carbocycles. The summed E-state index contributed by atoms with van der Waals surface area (Å²) in [4.78, 5) is 8.76. The van der Waals surface area contributed by atoms with Crippen molar-refractivity contribution in [2.75, 3.05) is 5.32 Å². The average Bonchev–Trinajstić information content (AvgIpc) is 2.98. The monoisotopic (exact) mass is 253 g/mol. The van der Waals surface area contributed by atoms with Gasteiger partial charge in [-0.25, -0.2) is 9.97 Å². The maximum atomic E-state index is 6.03. The lowest BCUT2D eigenvalue weighted by atomic mass is 9.99. The predicted molar refractivity (Wildman–Crippen MR) is 71.6 cm³/mol. The third-order valence-corrected chi connectivity index (χ3v) is 3.47. The van der Waals surface area contributed by atoms with Gasteiger partial charge in [-0.15, -0.1) is 0 Å². The molecule has 1 heterocycles. The molecule has 17 heavy (non-hydrogen) atoms. The van der Waals surface area contributed by atoms with Crippen LogP contribution in [-0.4, -0.2) is 15.5 Å². The summed E-state index contributed by atoms with van der Waals surface area (Å²) in [6.07, 6.45) is 2.60. The maximum absolute atomic E-state index is 6.03. The van der Waals surface area contributed by atoms with Crippen LogP contribution in [0.3, 0.4) is 0 Å². The molecule has 0 spiro atoms. The minimum absolute atomic E-state index is 0.0892. The Hall–Kier alpha value is -0.830. The van der Waals surface area contributed by atoms with Crippen molar-refractivity contribution >= 4 is 17.4 Å². The van der Waals surface area contributed by atoms with E-state index in [0.29, 0.717) is 11.1 Å². The molecule has 3 nitrogen and oxygen atoms in total. The summed E-state index contributed by atoms with van der Waals surface area (Å²) in [7, 11) is 0. The molecular formula is C13H20ClN3. The number of halogens is 1. The highest BCUT2D eigenvalue weighted by Crippen LogP contribution is 2.41. The molecule has 0 amide bonds. The molecule has 0 bridgehead atoms. The smallest absolute Gasteiger partial charge is 0.135 e. The molecular weight excluding hydrogens is 234 g/mol.